The van der Waals surface area contributed by atoms with Crippen LogP contribution in [0.4, 0.5) is 16.4 Å². The van der Waals surface area contributed by atoms with Gasteiger partial charge in [0.25, 0.3) is 0 Å². The number of nitrogens with zero attached hydrogens (tertiary/aromatic N) is 2. The van der Waals surface area contributed by atoms with Crippen molar-refractivity contribution in [3.63, 3.8) is 0 Å². The Kier molecular flexibility index (Phi) is 5.77. The number of rotatable bonds is 4. The molecule has 8 nitrogen and oxygen atoms in total. The van der Waals surface area contributed by atoms with Crippen LogP contribution in [0.1, 0.15) is 36.7 Å². The summed E-state index contributed by atoms with van der Waals surface area (Å²) in [5.41, 5.74) is 13.3. The largest absolute Gasteiger partial charge is 0.457 e. The second kappa shape index (κ2) is 8.28. The molecule has 8 heteroatoms. The second-order valence-corrected chi connectivity index (χ2v) is 7.65. The molecule has 0 spiro atoms. The molecular weight excluding hydrogens is 384 g/mol. The van der Waals surface area contributed by atoms with Gasteiger partial charge in [-0.15, -0.1) is 0 Å². The molecule has 1 aromatic heterocycles. The molecule has 3 aromatic rings. The lowest BCUT2D eigenvalue weighted by atomic mass is 10.0. The van der Waals surface area contributed by atoms with Crippen LogP contribution in [0.3, 0.4) is 0 Å². The number of nitrogens with two attached hydrogens (primary N) is 2. The minimum absolute atomic E-state index is 0.0456. The number of esters is 1. The zero-order valence-electron chi connectivity index (χ0n) is 17.1. The van der Waals surface area contributed by atoms with Gasteiger partial charge in [-0.05, 0) is 32.4 Å². The lowest BCUT2D eigenvalue weighted by molar-refractivity contribution is 0.0473. The maximum absolute atomic E-state index is 12.6. The van der Waals surface area contributed by atoms with Gasteiger partial charge in [0, 0.05) is 5.56 Å². The number of ether oxygens (including phenoxy) is 2. The predicted molar refractivity (Wildman–Crippen MR) is 114 cm³/mol. The Morgan fingerprint density at radius 2 is 1.73 bits per heavy atom. The average molecular weight is 408 g/mol. The molecular formula is C22H24N4O4. The molecule has 30 heavy (non-hydrogen) atoms. The van der Waals surface area contributed by atoms with Gasteiger partial charge in [-0.1, -0.05) is 42.5 Å². The SMILES string of the molecule is CC(C)(C)OC(=O)n1c(-c2cccc(C(=O)OCc3ccccc3)c2N)cnc1N. The maximum atomic E-state index is 12.6. The summed E-state index contributed by atoms with van der Waals surface area (Å²) in [4.78, 5) is 29.2. The minimum Gasteiger partial charge on any atom is -0.457 e. The Labute approximate surface area is 174 Å². The summed E-state index contributed by atoms with van der Waals surface area (Å²) in [5.74, 6) is -0.620. The van der Waals surface area contributed by atoms with Gasteiger partial charge in [0.05, 0.1) is 23.1 Å². The number of carbonyl (C=O) groups is 2. The Hall–Kier alpha value is -3.81. The summed E-state index contributed by atoms with van der Waals surface area (Å²) >= 11 is 0. The first-order valence-electron chi connectivity index (χ1n) is 9.34. The van der Waals surface area contributed by atoms with Crippen molar-refractivity contribution >= 4 is 23.7 Å². The molecule has 1 heterocycles. The van der Waals surface area contributed by atoms with Crippen molar-refractivity contribution in [1.82, 2.24) is 9.55 Å². The van der Waals surface area contributed by atoms with Crippen molar-refractivity contribution in [2.75, 3.05) is 11.5 Å². The van der Waals surface area contributed by atoms with Crippen molar-refractivity contribution in [3.8, 4) is 11.3 Å². The summed E-state index contributed by atoms with van der Waals surface area (Å²) in [5, 5.41) is 0. The number of hydrogen-bond acceptors (Lipinski definition) is 7. The average Bonchev–Trinajstić information content (AvgIpc) is 3.07. The van der Waals surface area contributed by atoms with E-state index in [1.807, 2.05) is 30.3 Å². The Balaban J connectivity index is 1.90. The van der Waals surface area contributed by atoms with Gasteiger partial charge in [-0.3, -0.25) is 0 Å². The van der Waals surface area contributed by atoms with E-state index in [1.54, 1.807) is 39.0 Å². The smallest absolute Gasteiger partial charge is 0.421 e. The first-order chi connectivity index (χ1) is 14.2. The van der Waals surface area contributed by atoms with E-state index in [4.69, 9.17) is 20.9 Å². The molecule has 0 bridgehead atoms. The fourth-order valence-electron chi connectivity index (χ4n) is 2.82. The van der Waals surface area contributed by atoms with E-state index in [-0.39, 0.29) is 23.8 Å². The summed E-state index contributed by atoms with van der Waals surface area (Å²) in [6, 6.07) is 14.2. The fraction of sp³-hybridized carbons (Fsp3) is 0.227. The van der Waals surface area contributed by atoms with Gasteiger partial charge in [0.15, 0.2) is 0 Å². The number of hydrogen-bond donors (Lipinski definition) is 2. The van der Waals surface area contributed by atoms with E-state index >= 15 is 0 Å². The van der Waals surface area contributed by atoms with Gasteiger partial charge < -0.3 is 20.9 Å². The van der Waals surface area contributed by atoms with Crippen LogP contribution < -0.4 is 11.5 Å². The molecule has 0 fully saturated rings. The summed E-state index contributed by atoms with van der Waals surface area (Å²) in [6.45, 7) is 5.35. The quantitative estimate of drug-likeness (QED) is 0.496. The third kappa shape index (κ3) is 4.60. The van der Waals surface area contributed by atoms with Crippen LogP contribution in [0.25, 0.3) is 11.3 Å². The molecule has 0 aliphatic heterocycles. The van der Waals surface area contributed by atoms with Crippen molar-refractivity contribution in [2.45, 2.75) is 33.0 Å². The summed E-state index contributed by atoms with van der Waals surface area (Å²) in [6.07, 6.45) is 0.716. The first kappa shape index (κ1) is 20.9. The van der Waals surface area contributed by atoms with Crippen molar-refractivity contribution in [1.29, 1.82) is 0 Å². The molecule has 2 aromatic carbocycles. The monoisotopic (exact) mass is 408 g/mol. The lowest BCUT2D eigenvalue weighted by Gasteiger charge is -2.21. The fourth-order valence-corrected chi connectivity index (χ4v) is 2.82. The van der Waals surface area contributed by atoms with Crippen LogP contribution in [-0.2, 0) is 16.1 Å². The Bertz CT molecular complexity index is 1070. The number of aromatic nitrogens is 2. The molecule has 0 radical (unpaired) electrons. The number of benzene rings is 2. The number of nitrogen functional groups attached to an aromatic ring is 2. The molecule has 0 aliphatic rings. The molecule has 0 atom stereocenters. The van der Waals surface area contributed by atoms with Crippen LogP contribution >= 0.6 is 0 Å². The molecule has 156 valence electrons. The molecule has 0 amide bonds. The molecule has 4 N–H and O–H groups in total. The second-order valence-electron chi connectivity index (χ2n) is 7.65. The van der Waals surface area contributed by atoms with E-state index in [9.17, 15) is 9.59 Å². The first-order valence-corrected chi connectivity index (χ1v) is 9.34. The van der Waals surface area contributed by atoms with E-state index in [0.717, 1.165) is 10.1 Å². The van der Waals surface area contributed by atoms with Crippen molar-refractivity contribution in [3.05, 3.63) is 65.9 Å². The highest BCUT2D eigenvalue weighted by atomic mass is 16.6. The molecule has 0 saturated heterocycles. The van der Waals surface area contributed by atoms with Crippen molar-refractivity contribution < 1.29 is 19.1 Å². The van der Waals surface area contributed by atoms with Gasteiger partial charge >= 0.3 is 12.1 Å². The lowest BCUT2D eigenvalue weighted by Crippen LogP contribution is -2.28. The van der Waals surface area contributed by atoms with Crippen LogP contribution in [-0.4, -0.2) is 27.2 Å². The number of carbonyl (C=O) groups excluding carboxylic acids is 2. The van der Waals surface area contributed by atoms with E-state index in [2.05, 4.69) is 4.98 Å². The van der Waals surface area contributed by atoms with Crippen LogP contribution in [0.15, 0.2) is 54.7 Å². The van der Waals surface area contributed by atoms with Crippen LogP contribution in [0, 0.1) is 0 Å². The van der Waals surface area contributed by atoms with Crippen LogP contribution in [0.5, 0.6) is 0 Å². The van der Waals surface area contributed by atoms with E-state index < -0.39 is 17.7 Å². The maximum Gasteiger partial charge on any atom is 0.421 e. The highest BCUT2D eigenvalue weighted by molar-refractivity contribution is 5.99. The molecule has 0 unspecified atom stereocenters. The van der Waals surface area contributed by atoms with Crippen LogP contribution in [0.2, 0.25) is 0 Å². The van der Waals surface area contributed by atoms with Crippen molar-refractivity contribution in [2.24, 2.45) is 0 Å². The number of imidazole rings is 1. The molecule has 0 aliphatic carbocycles. The third-order valence-electron chi connectivity index (χ3n) is 4.18. The predicted octanol–water partition coefficient (Wildman–Crippen LogP) is 3.85. The van der Waals surface area contributed by atoms with Gasteiger partial charge in [-0.2, -0.15) is 0 Å². The molecule has 3 rings (SSSR count). The zero-order chi connectivity index (χ0) is 21.9. The number of anilines is 2. The summed E-state index contributed by atoms with van der Waals surface area (Å²) < 4.78 is 11.9. The van der Waals surface area contributed by atoms with Gasteiger partial charge in [0.1, 0.15) is 12.2 Å². The highest BCUT2D eigenvalue weighted by Crippen LogP contribution is 2.31. The Morgan fingerprint density at radius 3 is 2.40 bits per heavy atom. The van der Waals surface area contributed by atoms with Gasteiger partial charge in [-0.25, -0.2) is 19.1 Å². The van der Waals surface area contributed by atoms with E-state index in [1.165, 1.54) is 6.20 Å². The standard InChI is InChI=1S/C22H24N4O4/c1-22(2,3)30-21(28)26-17(12-25-20(26)24)15-10-7-11-16(18(15)23)19(27)29-13-14-8-5-4-6-9-14/h4-12H,13,23H2,1-3H3,(H2,24,25). The van der Waals surface area contributed by atoms with Gasteiger partial charge in [0.2, 0.25) is 5.95 Å². The minimum atomic E-state index is -0.723. The number of para-hydroxylation sites is 1. The summed E-state index contributed by atoms with van der Waals surface area (Å²) in [7, 11) is 0. The molecule has 0 saturated carbocycles. The normalized spacial score (nSPS) is 11.2. The zero-order valence-corrected chi connectivity index (χ0v) is 17.1. The van der Waals surface area contributed by atoms with E-state index in [0.29, 0.717) is 11.3 Å². The Morgan fingerprint density at radius 1 is 1.03 bits per heavy atom. The highest BCUT2D eigenvalue weighted by Gasteiger charge is 2.25. The third-order valence-corrected chi connectivity index (χ3v) is 4.18. The topological polar surface area (TPSA) is 122 Å².